The summed E-state index contributed by atoms with van der Waals surface area (Å²) in [6.45, 7) is 1.02. The lowest BCUT2D eigenvalue weighted by Gasteiger charge is -1.98. The van der Waals surface area contributed by atoms with E-state index in [9.17, 15) is 0 Å². The Labute approximate surface area is 82.4 Å². The van der Waals surface area contributed by atoms with E-state index in [0.29, 0.717) is 6.10 Å². The molecule has 3 heteroatoms. The molecule has 1 aliphatic heterocycles. The predicted molar refractivity (Wildman–Crippen MR) is 56.6 cm³/mol. The smallest absolute Gasteiger partial charge is 0.0818 e. The van der Waals surface area contributed by atoms with Crippen LogP contribution in [0.4, 0.5) is 0 Å². The molecule has 1 heterocycles. The first-order chi connectivity index (χ1) is 5.95. The van der Waals surface area contributed by atoms with Crippen molar-refractivity contribution < 1.29 is 4.74 Å². The zero-order valence-corrected chi connectivity index (χ0v) is 8.96. The molecule has 12 heavy (non-hydrogen) atoms. The second-order valence-corrected chi connectivity index (χ2v) is 6.32. The molecular weight excluding hydrogens is 188 g/mol. The average Bonchev–Trinajstić information content (AvgIpc) is 2.89. The van der Waals surface area contributed by atoms with Crippen LogP contribution in [0.2, 0.25) is 0 Å². The van der Waals surface area contributed by atoms with Crippen molar-refractivity contribution >= 4 is 21.6 Å². The van der Waals surface area contributed by atoms with Crippen molar-refractivity contribution in [2.45, 2.75) is 31.8 Å². The fourth-order valence-corrected chi connectivity index (χ4v) is 3.46. The van der Waals surface area contributed by atoms with Crippen LogP contribution < -0.4 is 0 Å². The number of rotatable bonds is 7. The van der Waals surface area contributed by atoms with Crippen molar-refractivity contribution in [3.63, 3.8) is 0 Å². The Morgan fingerprint density at radius 2 is 1.75 bits per heavy atom. The van der Waals surface area contributed by atoms with Crippen molar-refractivity contribution in [3.05, 3.63) is 0 Å². The van der Waals surface area contributed by atoms with E-state index >= 15 is 0 Å². The Balaban J connectivity index is 1.31. The fraction of sp³-hybridized carbons (Fsp3) is 1.00. The predicted octanol–water partition coefficient (Wildman–Crippen LogP) is 2.96. The molecule has 1 nitrogen and oxygen atoms in total. The van der Waals surface area contributed by atoms with Gasteiger partial charge in [-0.25, -0.2) is 0 Å². The number of ether oxygens (including phenoxy) is 1. The summed E-state index contributed by atoms with van der Waals surface area (Å²) in [4.78, 5) is 0. The largest absolute Gasteiger partial charge is 0.373 e. The number of epoxide rings is 1. The van der Waals surface area contributed by atoms with Crippen molar-refractivity contribution in [2.75, 3.05) is 18.1 Å². The summed E-state index contributed by atoms with van der Waals surface area (Å²) in [6, 6.07) is 0. The van der Waals surface area contributed by atoms with Gasteiger partial charge in [0, 0.05) is 11.5 Å². The molecule has 0 amide bonds. The van der Waals surface area contributed by atoms with Crippen molar-refractivity contribution in [1.82, 2.24) is 0 Å². The van der Waals surface area contributed by atoms with Crippen LogP contribution in [-0.4, -0.2) is 24.2 Å². The Morgan fingerprint density at radius 1 is 1.08 bits per heavy atom. The molecule has 1 unspecified atom stereocenters. The van der Waals surface area contributed by atoms with Gasteiger partial charge in [-0.15, -0.1) is 0 Å². The molecule has 0 aromatic rings. The van der Waals surface area contributed by atoms with E-state index < -0.39 is 0 Å². The van der Waals surface area contributed by atoms with Crippen molar-refractivity contribution in [2.24, 2.45) is 5.92 Å². The highest BCUT2D eigenvalue weighted by molar-refractivity contribution is 8.76. The molecule has 0 aromatic heterocycles. The minimum absolute atomic E-state index is 0.626. The first-order valence-electron chi connectivity index (χ1n) is 4.81. The van der Waals surface area contributed by atoms with E-state index in [2.05, 4.69) is 10.8 Å². The quantitative estimate of drug-likeness (QED) is 0.359. The van der Waals surface area contributed by atoms with E-state index in [1.54, 1.807) is 0 Å². The van der Waals surface area contributed by atoms with Crippen LogP contribution in [0.15, 0.2) is 0 Å². The van der Waals surface area contributed by atoms with Crippen LogP contribution in [0, 0.1) is 5.92 Å². The van der Waals surface area contributed by atoms with E-state index in [0.717, 1.165) is 12.5 Å². The molecule has 1 aliphatic carbocycles. The minimum Gasteiger partial charge on any atom is -0.373 e. The van der Waals surface area contributed by atoms with E-state index in [4.69, 9.17) is 4.74 Å². The zero-order chi connectivity index (χ0) is 8.23. The van der Waals surface area contributed by atoms with E-state index in [1.807, 2.05) is 10.8 Å². The Kier molecular flexibility index (Phi) is 3.67. The topological polar surface area (TPSA) is 12.5 Å². The summed E-state index contributed by atoms with van der Waals surface area (Å²) in [5, 5.41) is 0. The molecule has 70 valence electrons. The summed E-state index contributed by atoms with van der Waals surface area (Å²) < 4.78 is 5.14. The molecule has 1 saturated heterocycles. The summed E-state index contributed by atoms with van der Waals surface area (Å²) in [5.41, 5.74) is 0. The molecule has 0 spiro atoms. The van der Waals surface area contributed by atoms with Gasteiger partial charge in [0.2, 0.25) is 0 Å². The Morgan fingerprint density at radius 3 is 2.33 bits per heavy atom. The van der Waals surface area contributed by atoms with Gasteiger partial charge in [-0.2, -0.15) is 0 Å². The number of hydrogen-bond donors (Lipinski definition) is 0. The van der Waals surface area contributed by atoms with E-state index in [1.165, 1.54) is 37.2 Å². The normalized spacial score (nSPS) is 27.5. The third-order valence-corrected chi connectivity index (χ3v) is 4.79. The summed E-state index contributed by atoms with van der Waals surface area (Å²) in [7, 11) is 4.08. The lowest BCUT2D eigenvalue weighted by atomic mass is 10.3. The van der Waals surface area contributed by atoms with Crippen molar-refractivity contribution in [1.29, 1.82) is 0 Å². The molecule has 1 atom stereocenters. The second kappa shape index (κ2) is 4.77. The molecule has 0 aromatic carbocycles. The van der Waals surface area contributed by atoms with Gasteiger partial charge in [0.1, 0.15) is 0 Å². The Hall–Kier alpha value is 0.660. The second-order valence-electron chi connectivity index (χ2n) is 3.62. The third kappa shape index (κ3) is 4.06. The fourth-order valence-electron chi connectivity index (χ4n) is 1.15. The van der Waals surface area contributed by atoms with Gasteiger partial charge in [-0.3, -0.25) is 0 Å². The molecular formula is C9H16OS2. The van der Waals surface area contributed by atoms with Crippen LogP contribution in [0.3, 0.4) is 0 Å². The molecule has 0 N–H and O–H groups in total. The van der Waals surface area contributed by atoms with Gasteiger partial charge >= 0.3 is 0 Å². The first kappa shape index (κ1) is 9.22. The highest BCUT2D eigenvalue weighted by Crippen LogP contribution is 2.35. The molecule has 2 aliphatic rings. The molecule has 0 bridgehead atoms. The van der Waals surface area contributed by atoms with Crippen LogP contribution in [0.5, 0.6) is 0 Å². The molecule has 0 radical (unpaired) electrons. The SMILES string of the molecule is C(CC1CC1)SSCCC1CO1. The third-order valence-electron chi connectivity index (χ3n) is 2.32. The van der Waals surface area contributed by atoms with E-state index in [-0.39, 0.29) is 0 Å². The lowest BCUT2D eigenvalue weighted by molar-refractivity contribution is 0.405. The lowest BCUT2D eigenvalue weighted by Crippen LogP contribution is -1.86. The standard InChI is InChI=1S/C9H16OS2/c1-2-8(1)3-5-11-12-6-4-9-7-10-9/h8-9H,1-7H2. The van der Waals surface area contributed by atoms with Gasteiger partial charge in [0.25, 0.3) is 0 Å². The van der Waals surface area contributed by atoms with Crippen LogP contribution in [0.25, 0.3) is 0 Å². The van der Waals surface area contributed by atoms with Gasteiger partial charge in [0.15, 0.2) is 0 Å². The molecule has 2 rings (SSSR count). The summed E-state index contributed by atoms with van der Waals surface area (Å²) in [6.07, 6.45) is 6.35. The first-order valence-corrected chi connectivity index (χ1v) is 7.30. The highest BCUT2D eigenvalue weighted by Gasteiger charge is 2.22. The maximum atomic E-state index is 5.14. The van der Waals surface area contributed by atoms with Crippen LogP contribution in [-0.2, 0) is 4.74 Å². The van der Waals surface area contributed by atoms with Crippen LogP contribution >= 0.6 is 21.6 Å². The average molecular weight is 204 g/mol. The monoisotopic (exact) mass is 204 g/mol. The maximum absolute atomic E-state index is 5.14. The van der Waals surface area contributed by atoms with Gasteiger partial charge in [-0.1, -0.05) is 34.4 Å². The summed E-state index contributed by atoms with van der Waals surface area (Å²) in [5.74, 6) is 3.74. The minimum atomic E-state index is 0.626. The summed E-state index contributed by atoms with van der Waals surface area (Å²) >= 11 is 0. The number of hydrogen-bond acceptors (Lipinski definition) is 3. The Bertz CT molecular complexity index is 116. The maximum Gasteiger partial charge on any atom is 0.0818 e. The molecule has 1 saturated carbocycles. The highest BCUT2D eigenvalue weighted by atomic mass is 33.1. The van der Waals surface area contributed by atoms with Gasteiger partial charge < -0.3 is 4.74 Å². The zero-order valence-electron chi connectivity index (χ0n) is 7.33. The van der Waals surface area contributed by atoms with Gasteiger partial charge in [0.05, 0.1) is 12.7 Å². The van der Waals surface area contributed by atoms with Gasteiger partial charge in [-0.05, 0) is 18.8 Å². The van der Waals surface area contributed by atoms with Crippen molar-refractivity contribution in [3.8, 4) is 0 Å². The molecule has 2 fully saturated rings. The van der Waals surface area contributed by atoms with Crippen LogP contribution in [0.1, 0.15) is 25.7 Å².